The van der Waals surface area contributed by atoms with Crippen LogP contribution in [0.25, 0.3) is 5.65 Å². The van der Waals surface area contributed by atoms with E-state index in [2.05, 4.69) is 25.8 Å². The molecule has 0 spiro atoms. The largest absolute Gasteiger partial charge is 0.375 e. The monoisotopic (exact) mass is 450 g/mol. The van der Waals surface area contributed by atoms with Gasteiger partial charge in [-0.05, 0) is 19.1 Å². The maximum absolute atomic E-state index is 13.6. The van der Waals surface area contributed by atoms with Gasteiger partial charge in [-0.2, -0.15) is 0 Å². The Hall–Kier alpha value is -3.32. The second-order valence-electron chi connectivity index (χ2n) is 5.95. The number of carbonyl (C=O) groups is 1. The maximum atomic E-state index is 13.6. The number of aromatic nitrogens is 4. The summed E-state index contributed by atoms with van der Waals surface area (Å²) >= 11 is 2.38. The summed E-state index contributed by atoms with van der Waals surface area (Å²) in [6.07, 6.45) is 0. The van der Waals surface area contributed by atoms with Crippen molar-refractivity contribution in [2.45, 2.75) is 17.0 Å². The van der Waals surface area contributed by atoms with Crippen LogP contribution in [0, 0.1) is 18.6 Å². The van der Waals surface area contributed by atoms with Gasteiger partial charge < -0.3 is 9.84 Å². The minimum absolute atomic E-state index is 0.171. The number of rotatable bonds is 5. The molecule has 2 N–H and O–H groups in total. The van der Waals surface area contributed by atoms with Crippen LogP contribution in [0.15, 0.2) is 44.0 Å². The molecule has 0 bridgehead atoms. The SMILES string of the molecule is Cc1cc2nc(CSc3nnc(NC(=O)Nc4ccc(F)cc4F)s3)cc(=O)n2o1. The molecule has 0 atom stereocenters. The molecule has 154 valence electrons. The average molecular weight is 450 g/mol. The molecule has 30 heavy (non-hydrogen) atoms. The molecule has 0 aliphatic rings. The minimum Gasteiger partial charge on any atom is -0.375 e. The second kappa shape index (κ2) is 8.20. The molecule has 0 aliphatic carbocycles. The van der Waals surface area contributed by atoms with Crippen molar-refractivity contribution in [3.63, 3.8) is 0 Å². The third-order valence-corrected chi connectivity index (χ3v) is 5.68. The van der Waals surface area contributed by atoms with E-state index < -0.39 is 17.7 Å². The van der Waals surface area contributed by atoms with Crippen LogP contribution >= 0.6 is 23.1 Å². The average Bonchev–Trinajstić information content (AvgIpc) is 3.28. The summed E-state index contributed by atoms with van der Waals surface area (Å²) in [5.74, 6) is -0.712. The van der Waals surface area contributed by atoms with E-state index in [4.69, 9.17) is 4.52 Å². The third kappa shape index (κ3) is 4.46. The normalized spacial score (nSPS) is 11.0. The molecule has 3 aromatic heterocycles. The Morgan fingerprint density at radius 2 is 2.07 bits per heavy atom. The molecular formula is C17H12F2N6O3S2. The second-order valence-corrected chi connectivity index (χ2v) is 8.15. The zero-order valence-electron chi connectivity index (χ0n) is 15.2. The van der Waals surface area contributed by atoms with Crippen LogP contribution in [-0.4, -0.2) is 25.8 Å². The highest BCUT2D eigenvalue weighted by atomic mass is 32.2. The fraction of sp³-hybridized carbons (Fsp3) is 0.118. The van der Waals surface area contributed by atoms with Crippen molar-refractivity contribution < 1.29 is 18.1 Å². The number of aryl methyl sites for hydroxylation is 1. The van der Waals surface area contributed by atoms with Gasteiger partial charge in [0.05, 0.1) is 11.4 Å². The van der Waals surface area contributed by atoms with Crippen molar-refractivity contribution in [1.82, 2.24) is 19.8 Å². The molecule has 4 aromatic rings. The Kier molecular flexibility index (Phi) is 5.46. The summed E-state index contributed by atoms with van der Waals surface area (Å²) in [6, 6.07) is 5.08. The van der Waals surface area contributed by atoms with Gasteiger partial charge in [0.1, 0.15) is 17.4 Å². The number of anilines is 2. The van der Waals surface area contributed by atoms with Gasteiger partial charge in [0.2, 0.25) is 5.13 Å². The van der Waals surface area contributed by atoms with E-state index in [1.54, 1.807) is 13.0 Å². The molecule has 4 rings (SSSR count). The van der Waals surface area contributed by atoms with E-state index in [1.165, 1.54) is 17.8 Å². The van der Waals surface area contributed by atoms with Gasteiger partial charge in [-0.1, -0.05) is 23.1 Å². The van der Waals surface area contributed by atoms with Crippen LogP contribution in [0.1, 0.15) is 11.5 Å². The number of fused-ring (bicyclic) bond motifs is 1. The van der Waals surface area contributed by atoms with E-state index in [9.17, 15) is 18.4 Å². The van der Waals surface area contributed by atoms with Crippen molar-refractivity contribution >= 4 is 45.6 Å². The predicted molar refractivity (Wildman–Crippen MR) is 107 cm³/mol. The van der Waals surface area contributed by atoms with Crippen molar-refractivity contribution in [2.24, 2.45) is 0 Å². The van der Waals surface area contributed by atoms with E-state index >= 15 is 0 Å². The van der Waals surface area contributed by atoms with Gasteiger partial charge in [0.25, 0.3) is 5.56 Å². The number of benzene rings is 1. The lowest BCUT2D eigenvalue weighted by molar-refractivity contribution is 0.262. The van der Waals surface area contributed by atoms with Gasteiger partial charge >= 0.3 is 6.03 Å². The molecule has 0 saturated carbocycles. The number of hydrogen-bond acceptors (Lipinski definition) is 8. The molecule has 2 amide bonds. The van der Waals surface area contributed by atoms with Crippen LogP contribution in [0.2, 0.25) is 0 Å². The number of amides is 2. The molecule has 0 aliphatic heterocycles. The van der Waals surface area contributed by atoms with Crippen molar-refractivity contribution in [2.75, 3.05) is 10.6 Å². The summed E-state index contributed by atoms with van der Waals surface area (Å²) in [4.78, 5) is 28.4. The highest BCUT2D eigenvalue weighted by Gasteiger charge is 2.13. The molecule has 3 heterocycles. The molecule has 9 nitrogen and oxygen atoms in total. The predicted octanol–water partition coefficient (Wildman–Crippen LogP) is 3.66. The summed E-state index contributed by atoms with van der Waals surface area (Å²) in [7, 11) is 0. The Bertz CT molecular complexity index is 1300. The smallest absolute Gasteiger partial charge is 0.325 e. The van der Waals surface area contributed by atoms with Gasteiger partial charge in [0, 0.05) is 24.0 Å². The van der Waals surface area contributed by atoms with Crippen LogP contribution in [0.5, 0.6) is 0 Å². The first kappa shape index (κ1) is 20.0. The quantitative estimate of drug-likeness (QED) is 0.352. The number of nitrogens with zero attached hydrogens (tertiary/aromatic N) is 4. The Morgan fingerprint density at radius 1 is 1.23 bits per heavy atom. The molecule has 0 saturated heterocycles. The number of urea groups is 1. The van der Waals surface area contributed by atoms with Crippen molar-refractivity contribution in [3.8, 4) is 0 Å². The number of halogens is 2. The number of thioether (sulfide) groups is 1. The molecular weight excluding hydrogens is 438 g/mol. The highest BCUT2D eigenvalue weighted by molar-refractivity contribution is 8.00. The zero-order chi connectivity index (χ0) is 21.3. The van der Waals surface area contributed by atoms with E-state index in [1.807, 2.05) is 0 Å². The summed E-state index contributed by atoms with van der Waals surface area (Å²) in [5.41, 5.74) is 0.461. The molecule has 13 heteroatoms. The van der Waals surface area contributed by atoms with Crippen LogP contribution < -0.4 is 16.2 Å². The van der Waals surface area contributed by atoms with E-state index in [0.717, 1.165) is 28.0 Å². The van der Waals surface area contributed by atoms with Gasteiger partial charge in [0.15, 0.2) is 9.99 Å². The topological polar surface area (TPSA) is 114 Å². The summed E-state index contributed by atoms with van der Waals surface area (Å²) in [5, 5.41) is 12.7. The number of hydrogen-bond donors (Lipinski definition) is 2. The van der Waals surface area contributed by atoms with Crippen LogP contribution in [0.3, 0.4) is 0 Å². The van der Waals surface area contributed by atoms with Crippen molar-refractivity contribution in [1.29, 1.82) is 0 Å². The molecule has 0 fully saturated rings. The van der Waals surface area contributed by atoms with Gasteiger partial charge in [-0.25, -0.2) is 18.6 Å². The Balaban J connectivity index is 1.37. The first-order valence-corrected chi connectivity index (χ1v) is 10.2. The molecule has 0 unspecified atom stereocenters. The fourth-order valence-electron chi connectivity index (χ4n) is 2.44. The van der Waals surface area contributed by atoms with Crippen LogP contribution in [0.4, 0.5) is 24.4 Å². The Morgan fingerprint density at radius 3 is 2.87 bits per heavy atom. The third-order valence-electron chi connectivity index (χ3n) is 3.67. The number of carbonyl (C=O) groups excluding carboxylic acids is 1. The highest BCUT2D eigenvalue weighted by Crippen LogP contribution is 2.28. The van der Waals surface area contributed by atoms with Crippen LogP contribution in [-0.2, 0) is 5.75 Å². The Labute approximate surface area is 175 Å². The van der Waals surface area contributed by atoms with E-state index in [0.29, 0.717) is 33.3 Å². The lowest BCUT2D eigenvalue weighted by Crippen LogP contribution is -2.20. The standard InChI is InChI=1S/C17H12F2N6O3S2/c1-8-4-13-20-10(6-14(26)25(13)28-8)7-29-17-24-23-16(30-17)22-15(27)21-12-3-2-9(18)5-11(12)19/h2-6H,7H2,1H3,(H2,21,22,23,27). The van der Waals surface area contributed by atoms with Gasteiger partial charge in [-0.3, -0.25) is 10.1 Å². The maximum Gasteiger partial charge on any atom is 0.325 e. The summed E-state index contributed by atoms with van der Waals surface area (Å²) in [6.45, 7) is 1.72. The number of nitrogens with one attached hydrogen (secondary N) is 2. The van der Waals surface area contributed by atoms with Gasteiger partial charge in [-0.15, -0.1) is 14.8 Å². The van der Waals surface area contributed by atoms with E-state index in [-0.39, 0.29) is 16.4 Å². The molecule has 0 radical (unpaired) electrons. The first-order chi connectivity index (χ1) is 14.4. The minimum atomic E-state index is -0.896. The fourth-order valence-corrected chi connectivity index (χ4v) is 4.08. The zero-order valence-corrected chi connectivity index (χ0v) is 16.8. The lowest BCUT2D eigenvalue weighted by atomic mass is 10.3. The summed E-state index contributed by atoms with van der Waals surface area (Å²) < 4.78 is 33.4. The lowest BCUT2D eigenvalue weighted by Gasteiger charge is -2.05. The van der Waals surface area contributed by atoms with Crippen molar-refractivity contribution in [3.05, 3.63) is 63.8 Å². The first-order valence-electron chi connectivity index (χ1n) is 8.36. The molecule has 1 aromatic carbocycles.